The number of thiazole rings is 1. The minimum atomic E-state index is -0.184. The van der Waals surface area contributed by atoms with Crippen LogP contribution in [0, 0.1) is 0 Å². The highest BCUT2D eigenvalue weighted by molar-refractivity contribution is 9.09. The molecule has 1 unspecified atom stereocenters. The second kappa shape index (κ2) is 27.9. The summed E-state index contributed by atoms with van der Waals surface area (Å²) in [5.41, 5.74) is 17.3. The molecule has 5 aromatic rings. The molecule has 0 bridgehead atoms. The van der Waals surface area contributed by atoms with Crippen molar-refractivity contribution in [3.63, 3.8) is 0 Å². The highest BCUT2D eigenvalue weighted by Crippen LogP contribution is 2.35. The predicted molar refractivity (Wildman–Crippen MR) is 314 cm³/mol. The molecule has 0 amide bonds. The summed E-state index contributed by atoms with van der Waals surface area (Å²) < 4.78 is 21.8. The average Bonchev–Trinajstić information content (AvgIpc) is 3.77. The molecule has 1 atom stereocenters. The molecule has 0 saturated carbocycles. The van der Waals surface area contributed by atoms with Gasteiger partial charge in [0.1, 0.15) is 37.1 Å². The maximum atomic E-state index is 13.1. The van der Waals surface area contributed by atoms with Crippen LogP contribution < -0.4 is 50.8 Å². The normalized spacial score (nSPS) is 15.5. The molecule has 0 aliphatic carbocycles. The number of halogens is 1. The number of carbonyl (C=O) groups is 2. The molecule has 2 fully saturated rings. The Balaban J connectivity index is 0.000000194. The fraction of sp³-hybridized carbons (Fsp3) is 0.404. The molecule has 4 aromatic carbocycles. The summed E-state index contributed by atoms with van der Waals surface area (Å²) in [6, 6.07) is 28.4. The molecule has 9 rings (SSSR count). The molecule has 392 valence electrons. The number of carbonyl (C=O) groups excluding carboxylic acids is 2. The van der Waals surface area contributed by atoms with E-state index in [0.29, 0.717) is 98.3 Å². The summed E-state index contributed by atoms with van der Waals surface area (Å²) in [6.45, 7) is 8.43. The zero-order valence-electron chi connectivity index (χ0n) is 42.2. The van der Waals surface area contributed by atoms with Gasteiger partial charge < -0.3 is 60.6 Å². The van der Waals surface area contributed by atoms with Crippen molar-refractivity contribution in [2.45, 2.75) is 44.7 Å². The number of fused-ring (bicyclic) bond motifs is 2. The van der Waals surface area contributed by atoms with Gasteiger partial charge in [-0.2, -0.15) is 14.9 Å². The van der Waals surface area contributed by atoms with Crippen LogP contribution in [0.4, 0.5) is 33.7 Å². The number of aliphatic imine (C=N–C) groups is 1. The second-order valence-electron chi connectivity index (χ2n) is 17.7. The number of benzene rings is 4. The topological polar surface area (TPSA) is 185 Å². The number of nitrogen functional groups attached to an aromatic ring is 1. The van der Waals surface area contributed by atoms with Crippen LogP contribution in [-0.2, 0) is 0 Å². The Bertz CT molecular complexity index is 2640. The molecule has 21 heteroatoms. The molecule has 5 heterocycles. The Morgan fingerprint density at radius 1 is 0.753 bits per heavy atom. The lowest BCUT2D eigenvalue weighted by atomic mass is 10.0. The Hall–Kier alpha value is -5.21. The number of ketones is 2. The monoisotopic (exact) mass is 1130 g/mol. The number of alkyl halides is 1. The molecule has 16 nitrogen and oxygen atoms in total. The van der Waals surface area contributed by atoms with E-state index < -0.39 is 0 Å². The average molecular weight is 1140 g/mol. The van der Waals surface area contributed by atoms with E-state index >= 15 is 0 Å². The lowest BCUT2D eigenvalue weighted by Gasteiger charge is -2.36. The first kappa shape index (κ1) is 57.1. The lowest BCUT2D eigenvalue weighted by molar-refractivity contribution is 0.101. The Morgan fingerprint density at radius 2 is 1.22 bits per heavy atom. The van der Waals surface area contributed by atoms with E-state index in [9.17, 15) is 9.59 Å². The number of hydrogen-bond acceptors (Lipinski definition) is 16. The van der Waals surface area contributed by atoms with E-state index in [1.54, 1.807) is 36.4 Å². The zero-order chi connectivity index (χ0) is 51.1. The van der Waals surface area contributed by atoms with E-state index in [2.05, 4.69) is 109 Å². The van der Waals surface area contributed by atoms with Gasteiger partial charge in [0.15, 0.2) is 44.2 Å². The fourth-order valence-corrected chi connectivity index (χ4v) is 10.4. The van der Waals surface area contributed by atoms with Crippen LogP contribution in [0.15, 0.2) is 89.9 Å². The number of amidine groups is 1. The van der Waals surface area contributed by atoms with Gasteiger partial charge in [-0.3, -0.25) is 9.59 Å². The van der Waals surface area contributed by atoms with Crippen LogP contribution in [-0.4, -0.2) is 141 Å². The molecular weight excluding hydrogens is 1070 g/mol. The van der Waals surface area contributed by atoms with Crippen LogP contribution >= 0.6 is 61.1 Å². The zero-order valence-corrected chi connectivity index (χ0v) is 47.7. The Kier molecular flexibility index (Phi) is 21.8. The largest absolute Gasteiger partial charge is 0.486 e. The number of rotatable bonds is 12. The van der Waals surface area contributed by atoms with Crippen molar-refractivity contribution in [2.75, 3.05) is 118 Å². The maximum absolute atomic E-state index is 13.1. The Labute approximate surface area is 454 Å². The number of piperidine rings is 2. The molecule has 73 heavy (non-hydrogen) atoms. The van der Waals surface area contributed by atoms with Gasteiger partial charge in [0.05, 0.1) is 5.33 Å². The van der Waals surface area contributed by atoms with Gasteiger partial charge in [0, 0.05) is 72.1 Å². The number of nitrogens with two attached hydrogens (primary N) is 2. The number of nitrogens with one attached hydrogen (secondary N) is 2. The highest BCUT2D eigenvalue weighted by atomic mass is 79.9. The van der Waals surface area contributed by atoms with Crippen LogP contribution in [0.25, 0.3) is 0 Å². The molecular formula is C52H68BrN10O6PS3. The van der Waals surface area contributed by atoms with Gasteiger partial charge in [-0.1, -0.05) is 46.0 Å². The van der Waals surface area contributed by atoms with E-state index in [1.165, 1.54) is 60.2 Å². The number of anilines is 6. The molecule has 0 radical (unpaired) electrons. The van der Waals surface area contributed by atoms with E-state index in [1.807, 2.05) is 31.2 Å². The van der Waals surface area contributed by atoms with Crippen molar-refractivity contribution in [2.24, 2.45) is 10.7 Å². The van der Waals surface area contributed by atoms with Gasteiger partial charge in [-0.15, -0.1) is 0 Å². The maximum Gasteiger partial charge on any atom is 0.206 e. The van der Waals surface area contributed by atoms with E-state index in [-0.39, 0.29) is 27.3 Å². The molecule has 0 spiro atoms. The van der Waals surface area contributed by atoms with Crippen LogP contribution in [0.2, 0.25) is 0 Å². The Morgan fingerprint density at radius 3 is 1.70 bits per heavy atom. The molecule has 2 saturated heterocycles. The van der Waals surface area contributed by atoms with Crippen LogP contribution in [0.1, 0.15) is 58.2 Å². The highest BCUT2D eigenvalue weighted by Gasteiger charge is 2.24. The quantitative estimate of drug-likeness (QED) is 0.0231. The third kappa shape index (κ3) is 16.1. The predicted octanol–water partition coefficient (Wildman–Crippen LogP) is 9.08. The van der Waals surface area contributed by atoms with Gasteiger partial charge >= 0.3 is 0 Å². The number of aromatic nitrogens is 1. The van der Waals surface area contributed by atoms with Crippen LogP contribution in [0.5, 0.6) is 23.0 Å². The lowest BCUT2D eigenvalue weighted by Crippen LogP contribution is -2.41. The van der Waals surface area contributed by atoms with Gasteiger partial charge in [0.25, 0.3) is 0 Å². The number of thioether (sulfide) groups is 1. The summed E-state index contributed by atoms with van der Waals surface area (Å²) in [7, 11) is 8.64. The van der Waals surface area contributed by atoms with Crippen molar-refractivity contribution < 1.29 is 28.5 Å². The third-order valence-corrected chi connectivity index (χ3v) is 14.9. The van der Waals surface area contributed by atoms with E-state index in [0.717, 1.165) is 43.3 Å². The van der Waals surface area contributed by atoms with Crippen molar-refractivity contribution >= 4 is 117 Å². The smallest absolute Gasteiger partial charge is 0.206 e. The van der Waals surface area contributed by atoms with Crippen molar-refractivity contribution in [3.8, 4) is 23.0 Å². The fourth-order valence-electron chi connectivity index (χ4n) is 8.50. The summed E-state index contributed by atoms with van der Waals surface area (Å²) in [6.07, 6.45) is 4.76. The van der Waals surface area contributed by atoms with Gasteiger partial charge in [-0.05, 0) is 157 Å². The van der Waals surface area contributed by atoms with Crippen molar-refractivity contribution in [3.05, 3.63) is 101 Å². The molecule has 4 aliphatic heterocycles. The number of nitrogens with zero attached hydrogens (tertiary/aromatic N) is 6. The third-order valence-electron chi connectivity index (χ3n) is 12.5. The first-order chi connectivity index (χ1) is 34.8. The molecule has 1 aromatic heterocycles. The SMILES string of the molecule is CCSC(N)=NC(=S)Nc1ccc(N2CCC(N(C)C)CC2)cc1.CN(C)C1CCN(c2ccc(Nc3nc(N)c(C(=O)c4ccc5c(c4)OCCO5)s3)cc2)CC1.O=C(CBr)c1ccc2c(c1)OCCO2.P. The summed E-state index contributed by atoms with van der Waals surface area (Å²) in [5, 5.41) is 8.19. The number of ether oxygens (including phenoxy) is 4. The van der Waals surface area contributed by atoms with Gasteiger partial charge in [0.2, 0.25) is 5.78 Å². The van der Waals surface area contributed by atoms with Gasteiger partial charge in [-0.25, -0.2) is 4.98 Å². The number of Topliss-reactive ketones (excluding diaryl/α,β-unsaturated/α-hetero) is 1. The minimum Gasteiger partial charge on any atom is -0.486 e. The van der Waals surface area contributed by atoms with E-state index in [4.69, 9.17) is 42.6 Å². The summed E-state index contributed by atoms with van der Waals surface area (Å²) >= 11 is 11.1. The van der Waals surface area contributed by atoms with Crippen molar-refractivity contribution in [1.29, 1.82) is 0 Å². The summed E-state index contributed by atoms with van der Waals surface area (Å²) in [4.78, 5) is 42.9. The van der Waals surface area contributed by atoms with Crippen molar-refractivity contribution in [1.82, 2.24) is 14.8 Å². The number of thiocarbonyl (C=S) groups is 1. The number of hydrogen-bond donors (Lipinski definition) is 4. The first-order valence-corrected chi connectivity index (χ1v) is 27.4. The van der Waals surface area contributed by atoms with Crippen LogP contribution in [0.3, 0.4) is 0 Å². The summed E-state index contributed by atoms with van der Waals surface area (Å²) in [5.74, 6) is 3.55. The minimum absolute atomic E-state index is 0. The standard InChI is InChI=1S/C25H29N5O3S.C17H27N5S2.C10H9BrO3.H3P/c1-29(2)18-9-11-30(12-10-18)19-6-4-17(5-7-19)27-25-28-24(26)23(34-25)22(31)16-3-8-20-21(15-16)33-14-13-32-20;1-4-24-16(18)20-17(23)19-13-5-7-15(8-6-13)22-11-9-14(10-12-22)21(2)3;11-6-8(12)7-1-2-9-10(5-7)14-4-3-13-9;/h3-8,15,18H,9-14,26H2,1-2H3,(H,27,28);5-8,14H,4,9-12H2,1-3H3,(H3,18,19,20,23);1-2,5H,3-4,6H2;1H3. The second-order valence-corrected chi connectivity index (χ2v) is 21.0. The first-order valence-electron chi connectivity index (χ1n) is 24.1. The molecule has 6 N–H and O–H groups in total. The molecule has 4 aliphatic rings.